The lowest BCUT2D eigenvalue weighted by Crippen LogP contribution is -2.16. The van der Waals surface area contributed by atoms with Crippen LogP contribution in [0, 0.1) is 6.92 Å². The van der Waals surface area contributed by atoms with Crippen molar-refractivity contribution in [1.82, 2.24) is 0 Å². The van der Waals surface area contributed by atoms with Crippen molar-refractivity contribution >= 4 is 23.4 Å². The summed E-state index contributed by atoms with van der Waals surface area (Å²) in [7, 11) is 1.17. The molecule has 1 aromatic rings. The van der Waals surface area contributed by atoms with Crippen LogP contribution in [0.1, 0.15) is 15.9 Å². The normalized spacial score (nSPS) is 9.64. The first-order valence-corrected chi connectivity index (χ1v) is 4.33. The highest BCUT2D eigenvalue weighted by molar-refractivity contribution is 6.41. The molecule has 0 atom stereocenters. The molecule has 14 heavy (non-hydrogen) atoms. The summed E-state index contributed by atoms with van der Waals surface area (Å²) in [5, 5.41) is 0.419. The third-order valence-electron chi connectivity index (χ3n) is 1.82. The predicted molar refractivity (Wildman–Crippen MR) is 52.5 cm³/mol. The second-order valence-corrected chi connectivity index (χ2v) is 3.22. The quantitative estimate of drug-likeness (QED) is 0.428. The number of carbonyl (C=O) groups is 2. The summed E-state index contributed by atoms with van der Waals surface area (Å²) in [6.45, 7) is 1.73. The van der Waals surface area contributed by atoms with Crippen molar-refractivity contribution in [3.63, 3.8) is 0 Å². The standard InChI is InChI=1S/C10H9ClO3/c1-6-3-4-7(11)5-8(6)9(12)10(13)14-2/h3-5H,1-2H3. The van der Waals surface area contributed by atoms with Gasteiger partial charge in [0.15, 0.2) is 0 Å². The third kappa shape index (κ3) is 2.12. The number of halogens is 1. The summed E-state index contributed by atoms with van der Waals surface area (Å²) in [6, 6.07) is 4.79. The number of methoxy groups -OCH3 is 1. The summed E-state index contributed by atoms with van der Waals surface area (Å²) in [5.41, 5.74) is 0.981. The molecular weight excluding hydrogens is 204 g/mol. The van der Waals surface area contributed by atoms with Gasteiger partial charge in [0, 0.05) is 10.6 Å². The summed E-state index contributed by atoms with van der Waals surface area (Å²) in [6.07, 6.45) is 0. The Kier molecular flexibility index (Phi) is 3.25. The monoisotopic (exact) mass is 212 g/mol. The maximum Gasteiger partial charge on any atom is 0.379 e. The minimum Gasteiger partial charge on any atom is -0.463 e. The Morgan fingerprint density at radius 2 is 2.00 bits per heavy atom. The van der Waals surface area contributed by atoms with Gasteiger partial charge in [0.1, 0.15) is 0 Å². The maximum absolute atomic E-state index is 11.4. The van der Waals surface area contributed by atoms with Crippen molar-refractivity contribution in [2.45, 2.75) is 6.92 Å². The Bertz CT molecular complexity index is 385. The van der Waals surface area contributed by atoms with Gasteiger partial charge in [-0.05, 0) is 24.6 Å². The van der Waals surface area contributed by atoms with Gasteiger partial charge in [-0.3, -0.25) is 4.79 Å². The van der Waals surface area contributed by atoms with Crippen molar-refractivity contribution in [2.75, 3.05) is 7.11 Å². The number of esters is 1. The zero-order valence-corrected chi connectivity index (χ0v) is 8.59. The number of ether oxygens (including phenoxy) is 1. The van der Waals surface area contributed by atoms with Crippen molar-refractivity contribution in [3.05, 3.63) is 34.3 Å². The molecule has 0 unspecified atom stereocenters. The number of rotatable bonds is 2. The van der Waals surface area contributed by atoms with E-state index in [-0.39, 0.29) is 5.56 Å². The minimum absolute atomic E-state index is 0.282. The number of ketones is 1. The molecule has 0 saturated heterocycles. The average Bonchev–Trinajstić information content (AvgIpc) is 2.19. The van der Waals surface area contributed by atoms with Gasteiger partial charge >= 0.3 is 5.97 Å². The van der Waals surface area contributed by atoms with Crippen LogP contribution in [0.2, 0.25) is 5.02 Å². The molecule has 0 radical (unpaired) electrons. The molecule has 1 aromatic carbocycles. The highest BCUT2D eigenvalue weighted by Crippen LogP contribution is 2.16. The molecule has 0 N–H and O–H groups in total. The molecule has 1 rings (SSSR count). The molecule has 0 saturated carbocycles. The van der Waals surface area contributed by atoms with Crippen LogP contribution in [0.15, 0.2) is 18.2 Å². The van der Waals surface area contributed by atoms with E-state index in [9.17, 15) is 9.59 Å². The fraction of sp³-hybridized carbons (Fsp3) is 0.200. The Balaban J connectivity index is 3.12. The van der Waals surface area contributed by atoms with E-state index in [1.165, 1.54) is 13.2 Å². The number of aryl methyl sites for hydroxylation is 1. The molecular formula is C10H9ClO3. The van der Waals surface area contributed by atoms with Crippen LogP contribution in [0.5, 0.6) is 0 Å². The van der Waals surface area contributed by atoms with E-state index >= 15 is 0 Å². The van der Waals surface area contributed by atoms with Gasteiger partial charge in [-0.15, -0.1) is 0 Å². The molecule has 0 aliphatic heterocycles. The van der Waals surface area contributed by atoms with Gasteiger partial charge in [-0.2, -0.15) is 0 Å². The number of Topliss-reactive ketones (excluding diaryl/α,β-unsaturated/α-hetero) is 1. The van der Waals surface area contributed by atoms with Crippen LogP contribution in [0.25, 0.3) is 0 Å². The second-order valence-electron chi connectivity index (χ2n) is 2.78. The van der Waals surface area contributed by atoms with Crippen molar-refractivity contribution < 1.29 is 14.3 Å². The number of hydrogen-bond donors (Lipinski definition) is 0. The topological polar surface area (TPSA) is 43.4 Å². The van der Waals surface area contributed by atoms with Crippen LogP contribution in [-0.2, 0) is 9.53 Å². The molecule has 0 aliphatic carbocycles. The predicted octanol–water partition coefficient (Wildman–Crippen LogP) is 2.00. The van der Waals surface area contributed by atoms with E-state index < -0.39 is 11.8 Å². The fourth-order valence-electron chi connectivity index (χ4n) is 1.04. The van der Waals surface area contributed by atoms with Gasteiger partial charge in [-0.1, -0.05) is 17.7 Å². The lowest BCUT2D eigenvalue weighted by Gasteiger charge is -2.03. The maximum atomic E-state index is 11.4. The summed E-state index contributed by atoms with van der Waals surface area (Å²) in [5.74, 6) is -1.55. The molecule has 4 heteroatoms. The largest absolute Gasteiger partial charge is 0.463 e. The lowest BCUT2D eigenvalue weighted by atomic mass is 10.1. The first kappa shape index (κ1) is 10.7. The smallest absolute Gasteiger partial charge is 0.379 e. The fourth-order valence-corrected chi connectivity index (χ4v) is 1.21. The van der Waals surface area contributed by atoms with Crippen molar-refractivity contribution in [2.24, 2.45) is 0 Å². The molecule has 0 aromatic heterocycles. The van der Waals surface area contributed by atoms with Crippen LogP contribution in [0.3, 0.4) is 0 Å². The van der Waals surface area contributed by atoms with Crippen molar-refractivity contribution in [1.29, 1.82) is 0 Å². The van der Waals surface area contributed by atoms with E-state index in [0.717, 1.165) is 0 Å². The van der Waals surface area contributed by atoms with E-state index in [1.54, 1.807) is 19.1 Å². The minimum atomic E-state index is -0.879. The van der Waals surface area contributed by atoms with E-state index in [0.29, 0.717) is 10.6 Å². The van der Waals surface area contributed by atoms with Crippen LogP contribution in [-0.4, -0.2) is 18.9 Å². The van der Waals surface area contributed by atoms with Crippen LogP contribution < -0.4 is 0 Å². The molecule has 0 heterocycles. The summed E-state index contributed by atoms with van der Waals surface area (Å²) in [4.78, 5) is 22.4. The molecule has 0 amide bonds. The van der Waals surface area contributed by atoms with E-state index in [1.807, 2.05) is 0 Å². The molecule has 74 valence electrons. The summed E-state index contributed by atoms with van der Waals surface area (Å²) < 4.78 is 4.33. The first-order valence-electron chi connectivity index (χ1n) is 3.95. The molecule has 3 nitrogen and oxygen atoms in total. The zero-order chi connectivity index (χ0) is 10.7. The molecule has 0 aliphatic rings. The van der Waals surface area contributed by atoms with Crippen LogP contribution >= 0.6 is 11.6 Å². The SMILES string of the molecule is COC(=O)C(=O)c1cc(Cl)ccc1C. The Morgan fingerprint density at radius 3 is 2.57 bits per heavy atom. The zero-order valence-electron chi connectivity index (χ0n) is 7.83. The van der Waals surface area contributed by atoms with Gasteiger partial charge in [0.05, 0.1) is 7.11 Å². The van der Waals surface area contributed by atoms with Crippen molar-refractivity contribution in [3.8, 4) is 0 Å². The number of carbonyl (C=O) groups excluding carboxylic acids is 2. The van der Waals surface area contributed by atoms with Crippen LogP contribution in [0.4, 0.5) is 0 Å². The van der Waals surface area contributed by atoms with E-state index in [2.05, 4.69) is 4.74 Å². The molecule has 0 bridgehead atoms. The molecule has 0 spiro atoms. The van der Waals surface area contributed by atoms with Gasteiger partial charge < -0.3 is 4.74 Å². The number of hydrogen-bond acceptors (Lipinski definition) is 3. The second kappa shape index (κ2) is 4.24. The third-order valence-corrected chi connectivity index (χ3v) is 2.05. The molecule has 0 fully saturated rings. The Labute approximate surface area is 86.6 Å². The number of benzene rings is 1. The highest BCUT2D eigenvalue weighted by atomic mass is 35.5. The van der Waals surface area contributed by atoms with Gasteiger partial charge in [0.2, 0.25) is 0 Å². The lowest BCUT2D eigenvalue weighted by molar-refractivity contribution is -0.135. The Morgan fingerprint density at radius 1 is 1.36 bits per heavy atom. The summed E-state index contributed by atoms with van der Waals surface area (Å²) >= 11 is 5.70. The average molecular weight is 213 g/mol. The first-order chi connectivity index (χ1) is 6.56. The van der Waals surface area contributed by atoms with Gasteiger partial charge in [0.25, 0.3) is 5.78 Å². The Hall–Kier alpha value is -1.35. The van der Waals surface area contributed by atoms with E-state index in [4.69, 9.17) is 11.6 Å². The van der Waals surface area contributed by atoms with Gasteiger partial charge in [-0.25, -0.2) is 4.79 Å². The highest BCUT2D eigenvalue weighted by Gasteiger charge is 2.18.